The van der Waals surface area contributed by atoms with E-state index in [-0.39, 0.29) is 21.1 Å². The number of halogens is 4. The summed E-state index contributed by atoms with van der Waals surface area (Å²) in [5.74, 6) is -0.369. The van der Waals surface area contributed by atoms with Gasteiger partial charge in [0.15, 0.2) is 5.65 Å². The number of alkyl halides is 3. The van der Waals surface area contributed by atoms with Gasteiger partial charge in [-0.15, -0.1) is 0 Å². The molecule has 0 saturated heterocycles. The lowest BCUT2D eigenvalue weighted by atomic mass is 9.98. The highest BCUT2D eigenvalue weighted by atomic mass is 32.2. The Bertz CT molecular complexity index is 6590. The van der Waals surface area contributed by atoms with E-state index in [0.717, 1.165) is 211 Å². The average molecular weight is 1720 g/mol. The van der Waals surface area contributed by atoms with Crippen molar-refractivity contribution in [3.8, 4) is 0 Å². The highest BCUT2D eigenvalue weighted by molar-refractivity contribution is 7.91. The highest BCUT2D eigenvalue weighted by Crippen LogP contribution is 2.43. The van der Waals surface area contributed by atoms with Crippen molar-refractivity contribution >= 4 is 129 Å². The SMILES string of the molecule is CN1CC=C(c2cn(S(=O)(=O)c3ccc4c(c3)N(C)CC4)c3ccc(C(F)(F)F)cc23)CC1.CN1CC=C(c2cn(S(=O)(=O)c3ccc4c(c3)N(C)CC4)c3ccc(F)cc23)CC1.CN1CC=C(c2cn(S(=O)(=O)c3ccc4c(c3)N(C)CC4)c3ccccc23)CC1.CN1CC=C(c2cn(S(=O)(=O)c3ccc4c(c3)N(C)CC4)c3ncccc23)CC1. The molecule has 121 heavy (non-hydrogen) atoms. The summed E-state index contributed by atoms with van der Waals surface area (Å²) in [4.78, 5) is 22.6. The van der Waals surface area contributed by atoms with Crippen LogP contribution in [0.25, 0.3) is 66.0 Å². The Morgan fingerprint density at radius 2 is 0.645 bits per heavy atom. The third-order valence-corrected chi connectivity index (χ3v) is 31.7. The van der Waals surface area contributed by atoms with E-state index < -0.39 is 51.8 Å². The number of para-hydroxylation sites is 1. The topological polar surface area (TPSA) is 195 Å². The first-order valence-electron chi connectivity index (χ1n) is 40.8. The predicted octanol–water partition coefficient (Wildman–Crippen LogP) is 14.9. The molecular weight excluding hydrogens is 1620 g/mol. The zero-order valence-electron chi connectivity index (χ0n) is 68.9. The molecule has 12 aromatic rings. The molecule has 0 spiro atoms. The zero-order valence-corrected chi connectivity index (χ0v) is 72.2. The molecule has 7 aromatic carbocycles. The van der Waals surface area contributed by atoms with Crippen molar-refractivity contribution < 1.29 is 51.2 Å². The molecule has 13 heterocycles. The van der Waals surface area contributed by atoms with Crippen molar-refractivity contribution in [2.24, 2.45) is 0 Å². The van der Waals surface area contributed by atoms with Crippen LogP contribution < -0.4 is 19.6 Å². The minimum Gasteiger partial charge on any atom is -0.374 e. The molecule has 0 fully saturated rings. The van der Waals surface area contributed by atoms with Crippen LogP contribution in [-0.2, 0) is 72.0 Å². The van der Waals surface area contributed by atoms with Crippen LogP contribution in [0.5, 0.6) is 0 Å². The van der Waals surface area contributed by atoms with Crippen LogP contribution in [0, 0.1) is 5.82 Å². The molecular formula is C92H97F4N13O8S4. The standard InChI is InChI=1S/C24H24F3N3O2S.C23H24FN3O2S.C23H25N3O2S.C22H24N4O2S/c1-28-10-7-16(8-11-28)21-15-30(22-6-4-18(13-20(21)22)24(25,26)27)33(31,32)19-5-3-17-9-12-29(2)23(17)14-19;1-25-10-7-16(8-11-25)21-15-27(22-6-4-18(24)13-20(21)22)30(28,29)19-5-3-17-9-12-26(2)23(17)14-19;1-24-12-9-17(10-13-24)21-16-26(22-6-4-3-5-20(21)22)29(27,28)19-8-7-18-11-14-25(2)23(18)15-19;1-24-11-7-16(8-12-24)20-15-26(22-19(20)4-3-10-23-22)29(27,28)18-6-5-17-9-13-25(2)21(17)14-18/h3-7,13-15H,8-12H2,1-2H3;3-7,13-15H,8-12H2,1-2H3;3-9,15-16H,10-14H2,1-2H3;3-7,10,14-15H,8-9,11-13H2,1-2H3. The summed E-state index contributed by atoms with van der Waals surface area (Å²) in [5.41, 5.74) is 17.3. The van der Waals surface area contributed by atoms with E-state index in [2.05, 4.69) is 71.6 Å². The van der Waals surface area contributed by atoms with Crippen molar-refractivity contribution in [1.82, 2.24) is 40.5 Å². The molecule has 0 radical (unpaired) electrons. The van der Waals surface area contributed by atoms with Crippen LogP contribution in [0.3, 0.4) is 0 Å². The van der Waals surface area contributed by atoms with Gasteiger partial charge in [0.05, 0.1) is 41.7 Å². The van der Waals surface area contributed by atoms with Gasteiger partial charge in [-0.3, -0.25) is 0 Å². The van der Waals surface area contributed by atoms with Crippen molar-refractivity contribution in [2.45, 2.75) is 77.1 Å². The number of anilines is 4. The molecule has 0 unspecified atom stereocenters. The number of hydrogen-bond acceptors (Lipinski definition) is 17. The highest BCUT2D eigenvalue weighted by Gasteiger charge is 2.35. The van der Waals surface area contributed by atoms with Crippen LogP contribution >= 0.6 is 0 Å². The Morgan fingerprint density at radius 3 is 1.02 bits per heavy atom. The summed E-state index contributed by atoms with van der Waals surface area (Å²) in [6, 6.07) is 40.5. The molecule has 0 saturated carbocycles. The maximum atomic E-state index is 14.1. The van der Waals surface area contributed by atoms with E-state index in [1.54, 1.807) is 67.1 Å². The second kappa shape index (κ2) is 32.3. The van der Waals surface area contributed by atoms with E-state index in [1.807, 2.05) is 126 Å². The van der Waals surface area contributed by atoms with Crippen LogP contribution in [0.2, 0.25) is 0 Å². The number of rotatable bonds is 12. The summed E-state index contributed by atoms with van der Waals surface area (Å²) in [5, 5.41) is 2.80. The lowest BCUT2D eigenvalue weighted by Crippen LogP contribution is -2.23. The number of hydrogen-bond donors (Lipinski definition) is 0. The van der Waals surface area contributed by atoms with Gasteiger partial charge in [-0.2, -0.15) is 13.2 Å². The summed E-state index contributed by atoms with van der Waals surface area (Å²) in [7, 11) is 0.830. The summed E-state index contributed by atoms with van der Waals surface area (Å²) >= 11 is 0. The number of aromatic nitrogens is 5. The smallest absolute Gasteiger partial charge is 0.374 e. The fourth-order valence-electron chi connectivity index (χ4n) is 17.8. The molecule has 630 valence electrons. The first kappa shape index (κ1) is 82.7. The van der Waals surface area contributed by atoms with E-state index in [4.69, 9.17) is 0 Å². The first-order valence-corrected chi connectivity index (χ1v) is 46.6. The minimum atomic E-state index is -4.52. The fraction of sp³-hybridized carbons (Fsp3) is 0.315. The normalized spacial score (nSPS) is 17.5. The van der Waals surface area contributed by atoms with Gasteiger partial charge in [0, 0.05) is 204 Å². The summed E-state index contributed by atoms with van der Waals surface area (Å²) in [6.45, 7) is 10.3. The van der Waals surface area contributed by atoms with Crippen LogP contribution in [0.1, 0.15) is 75.8 Å². The largest absolute Gasteiger partial charge is 0.416 e. The quantitative estimate of drug-likeness (QED) is 0.105. The Labute approximate surface area is 704 Å². The molecule has 0 amide bonds. The third-order valence-electron chi connectivity index (χ3n) is 25.0. The van der Waals surface area contributed by atoms with Gasteiger partial charge < -0.3 is 39.2 Å². The van der Waals surface area contributed by atoms with Crippen molar-refractivity contribution in [3.63, 3.8) is 0 Å². The number of likely N-dealkylation sites (N-methyl/N-ethyl adjacent to an activating group) is 8. The van der Waals surface area contributed by atoms with Crippen LogP contribution in [0.15, 0.2) is 220 Å². The Morgan fingerprint density at radius 1 is 0.322 bits per heavy atom. The lowest BCUT2D eigenvalue weighted by Gasteiger charge is -2.21. The van der Waals surface area contributed by atoms with E-state index >= 15 is 0 Å². The van der Waals surface area contributed by atoms with Crippen LogP contribution in [-0.4, -0.2) is 209 Å². The Hall–Kier alpha value is -10.6. The molecule has 29 heteroatoms. The molecule has 0 atom stereocenters. The molecule has 0 bridgehead atoms. The second-order valence-corrected chi connectivity index (χ2v) is 40.2. The van der Waals surface area contributed by atoms with Crippen molar-refractivity contribution in [2.75, 3.05) is 155 Å². The number of nitrogens with zero attached hydrogens (tertiary/aromatic N) is 13. The minimum absolute atomic E-state index is 0.121. The molecule has 5 aromatic heterocycles. The molecule has 8 aliphatic rings. The van der Waals surface area contributed by atoms with Crippen LogP contribution in [0.4, 0.5) is 40.3 Å². The Kier molecular flexibility index (Phi) is 22.1. The van der Waals surface area contributed by atoms with Gasteiger partial charge in [-0.05, 0) is 227 Å². The fourth-order valence-corrected chi connectivity index (χ4v) is 23.3. The van der Waals surface area contributed by atoms with Gasteiger partial charge in [-0.1, -0.05) is 66.8 Å². The van der Waals surface area contributed by atoms with Gasteiger partial charge in [-0.25, -0.2) is 58.9 Å². The molecule has 21 nitrogen and oxygen atoms in total. The number of fused-ring (bicyclic) bond motifs is 8. The van der Waals surface area contributed by atoms with Gasteiger partial charge in [0.1, 0.15) is 5.82 Å². The number of benzene rings is 7. The average Bonchev–Trinajstić information content (AvgIpc) is 1.60. The molecule has 0 N–H and O–H groups in total. The van der Waals surface area contributed by atoms with Crippen molar-refractivity contribution in [1.29, 1.82) is 0 Å². The van der Waals surface area contributed by atoms with Gasteiger partial charge in [0.2, 0.25) is 0 Å². The van der Waals surface area contributed by atoms with E-state index in [0.29, 0.717) is 50.3 Å². The van der Waals surface area contributed by atoms with E-state index in [9.17, 15) is 51.2 Å². The maximum Gasteiger partial charge on any atom is 0.416 e. The van der Waals surface area contributed by atoms with Gasteiger partial charge in [0.25, 0.3) is 40.1 Å². The predicted molar refractivity (Wildman–Crippen MR) is 475 cm³/mol. The molecule has 20 rings (SSSR count). The maximum absolute atomic E-state index is 14.1. The molecule has 0 aliphatic carbocycles. The first-order chi connectivity index (χ1) is 57.8. The second-order valence-electron chi connectivity index (χ2n) is 33.0. The van der Waals surface area contributed by atoms with Crippen molar-refractivity contribution in [3.05, 3.63) is 257 Å². The number of pyridine rings is 1. The van der Waals surface area contributed by atoms with E-state index in [1.165, 1.54) is 58.6 Å². The third kappa shape index (κ3) is 15.7. The lowest BCUT2D eigenvalue weighted by molar-refractivity contribution is -0.137. The Balaban J connectivity index is 0.000000115. The monoisotopic (exact) mass is 1720 g/mol. The molecule has 8 aliphatic heterocycles. The summed E-state index contributed by atoms with van der Waals surface area (Å²) < 4.78 is 169. The zero-order chi connectivity index (χ0) is 84.9. The van der Waals surface area contributed by atoms with Gasteiger partial charge >= 0.3 is 6.18 Å². The summed E-state index contributed by atoms with van der Waals surface area (Å²) in [6.07, 6.45) is 19.2.